The zero-order valence-electron chi connectivity index (χ0n) is 19.0. The first-order valence-electron chi connectivity index (χ1n) is 10.4. The van der Waals surface area contributed by atoms with Gasteiger partial charge in [-0.1, -0.05) is 23.9 Å². The molecule has 186 valence electrons. The summed E-state index contributed by atoms with van der Waals surface area (Å²) in [6.07, 6.45) is 1.43. The predicted octanol–water partition coefficient (Wildman–Crippen LogP) is 4.38. The van der Waals surface area contributed by atoms with Crippen LogP contribution in [0.2, 0.25) is 0 Å². The van der Waals surface area contributed by atoms with Gasteiger partial charge in [-0.15, -0.1) is 0 Å². The van der Waals surface area contributed by atoms with Crippen molar-refractivity contribution < 1.29 is 32.7 Å². The van der Waals surface area contributed by atoms with Crippen molar-refractivity contribution >= 4 is 45.0 Å². The quantitative estimate of drug-likeness (QED) is 0.259. The summed E-state index contributed by atoms with van der Waals surface area (Å²) >= 11 is 1.03. The second-order valence-corrected chi connectivity index (χ2v) is 10.7. The Morgan fingerprint density at radius 3 is 2.42 bits per heavy atom. The number of hydrogen-bond acceptors (Lipinski definition) is 9. The number of carbonyl (C=O) groups is 1. The third kappa shape index (κ3) is 4.99. The molecule has 0 unspecified atom stereocenters. The largest absolute Gasteiger partial charge is 0.502 e. The lowest BCUT2D eigenvalue weighted by atomic mass is 10.1. The van der Waals surface area contributed by atoms with Crippen LogP contribution in [0.4, 0.5) is 11.4 Å². The average molecular weight is 529 g/mol. The molecule has 10 nitrogen and oxygen atoms in total. The lowest BCUT2D eigenvalue weighted by molar-refractivity contribution is -0.385. The maximum absolute atomic E-state index is 13.3. The summed E-state index contributed by atoms with van der Waals surface area (Å²) in [6.45, 7) is 0. The predicted molar refractivity (Wildman–Crippen MR) is 134 cm³/mol. The van der Waals surface area contributed by atoms with Crippen LogP contribution in [0.3, 0.4) is 0 Å². The highest BCUT2D eigenvalue weighted by Gasteiger charge is 2.26. The number of carbonyl (C=O) groups excluding carboxylic acids is 1. The molecule has 0 bridgehead atoms. The molecule has 12 heteroatoms. The Morgan fingerprint density at radius 2 is 1.78 bits per heavy atom. The smallest absolute Gasteiger partial charge is 0.311 e. The molecule has 3 aromatic rings. The number of amides is 1. The third-order valence-corrected chi connectivity index (χ3v) is 8.08. The molecule has 0 saturated heterocycles. The minimum atomic E-state index is -3.83. The molecule has 0 aliphatic carbocycles. The van der Waals surface area contributed by atoms with E-state index in [9.17, 15) is 28.4 Å². The van der Waals surface area contributed by atoms with Crippen LogP contribution in [0.5, 0.6) is 17.2 Å². The third-order valence-electron chi connectivity index (χ3n) is 5.36. The molecule has 36 heavy (non-hydrogen) atoms. The molecule has 0 radical (unpaired) electrons. The summed E-state index contributed by atoms with van der Waals surface area (Å²) in [7, 11) is -0.942. The van der Waals surface area contributed by atoms with Crippen molar-refractivity contribution in [2.24, 2.45) is 0 Å². The van der Waals surface area contributed by atoms with E-state index in [2.05, 4.69) is 5.32 Å². The highest BCUT2D eigenvalue weighted by molar-refractivity contribution is 8.04. The van der Waals surface area contributed by atoms with E-state index in [4.69, 9.17) is 9.47 Å². The van der Waals surface area contributed by atoms with Crippen LogP contribution in [0.15, 0.2) is 69.3 Å². The fourth-order valence-corrected chi connectivity index (χ4v) is 6.07. The van der Waals surface area contributed by atoms with Gasteiger partial charge in [0.25, 0.3) is 5.91 Å². The summed E-state index contributed by atoms with van der Waals surface area (Å²) in [4.78, 5) is 23.7. The number of nitro groups is 1. The van der Waals surface area contributed by atoms with Gasteiger partial charge in [0.1, 0.15) is 11.5 Å². The normalized spacial score (nSPS) is 14.2. The molecule has 1 heterocycles. The van der Waals surface area contributed by atoms with Gasteiger partial charge in [-0.2, -0.15) is 0 Å². The van der Waals surface area contributed by atoms with E-state index < -0.39 is 32.1 Å². The van der Waals surface area contributed by atoms with Crippen LogP contribution in [0.25, 0.3) is 6.08 Å². The van der Waals surface area contributed by atoms with E-state index in [0.717, 1.165) is 17.8 Å². The Bertz CT molecular complexity index is 1490. The first-order valence-corrected chi connectivity index (χ1v) is 12.8. The van der Waals surface area contributed by atoms with Gasteiger partial charge in [0.2, 0.25) is 0 Å². The standard InChI is InChI=1S/C24H20N2O8S2/c1-33-20-4-3-5-21(34-2)16(20)13-36(31,32)15-7-8-17-22(12-15)35-23(24(28)25-17)11-14-6-9-19(27)18(10-14)26(29)30/h3-12,27H,13H2,1-2H3,(H,25,28)/b23-11-. The van der Waals surface area contributed by atoms with Crippen LogP contribution in [0, 0.1) is 10.1 Å². The number of hydrogen-bond donors (Lipinski definition) is 2. The van der Waals surface area contributed by atoms with Gasteiger partial charge in [-0.3, -0.25) is 14.9 Å². The molecule has 1 amide bonds. The number of benzene rings is 3. The van der Waals surface area contributed by atoms with Gasteiger partial charge in [-0.25, -0.2) is 8.42 Å². The number of fused-ring (bicyclic) bond motifs is 1. The fourth-order valence-electron chi connectivity index (χ4n) is 3.60. The lowest BCUT2D eigenvalue weighted by Crippen LogP contribution is -2.17. The lowest BCUT2D eigenvalue weighted by Gasteiger charge is -2.20. The molecular formula is C24H20N2O8S2. The average Bonchev–Trinajstić information content (AvgIpc) is 2.85. The van der Waals surface area contributed by atoms with Gasteiger partial charge in [0.15, 0.2) is 15.6 Å². The molecule has 2 N–H and O–H groups in total. The van der Waals surface area contributed by atoms with Crippen LogP contribution in [-0.4, -0.2) is 38.6 Å². The summed E-state index contributed by atoms with van der Waals surface area (Å²) in [5, 5.41) is 23.5. The van der Waals surface area contributed by atoms with Gasteiger partial charge >= 0.3 is 5.69 Å². The van der Waals surface area contributed by atoms with Crippen LogP contribution in [0.1, 0.15) is 11.1 Å². The van der Waals surface area contributed by atoms with Crippen molar-refractivity contribution in [3.63, 3.8) is 0 Å². The number of nitro benzene ring substituents is 1. The number of nitrogens with one attached hydrogen (secondary N) is 1. The van der Waals surface area contributed by atoms with Crippen LogP contribution < -0.4 is 14.8 Å². The SMILES string of the molecule is COc1cccc(OC)c1CS(=O)(=O)c1ccc2c(c1)S/C(=C\c1ccc(O)c([N+](=O)[O-])c1)C(=O)N2. The maximum Gasteiger partial charge on any atom is 0.311 e. The molecule has 0 saturated carbocycles. The Morgan fingerprint density at radius 1 is 1.08 bits per heavy atom. The highest BCUT2D eigenvalue weighted by atomic mass is 32.2. The minimum Gasteiger partial charge on any atom is -0.502 e. The minimum absolute atomic E-state index is 0.0393. The Labute approximate surface area is 210 Å². The number of nitrogens with zero attached hydrogens (tertiary/aromatic N) is 1. The van der Waals surface area contributed by atoms with Crippen LogP contribution in [-0.2, 0) is 20.4 Å². The Balaban J connectivity index is 1.67. The van der Waals surface area contributed by atoms with Gasteiger partial charge in [0.05, 0.1) is 45.9 Å². The maximum atomic E-state index is 13.3. The fraction of sp³-hybridized carbons (Fsp3) is 0.125. The summed E-state index contributed by atoms with van der Waals surface area (Å²) in [5.41, 5.74) is 0.655. The first-order chi connectivity index (χ1) is 17.1. The Kier molecular flexibility index (Phi) is 6.91. The second-order valence-electron chi connectivity index (χ2n) is 7.63. The van der Waals surface area contributed by atoms with Gasteiger partial charge < -0.3 is 19.9 Å². The molecule has 0 fully saturated rings. The van der Waals surface area contributed by atoms with E-state index in [1.807, 2.05) is 0 Å². The summed E-state index contributed by atoms with van der Waals surface area (Å²) in [6, 6.07) is 13.1. The monoisotopic (exact) mass is 528 g/mol. The molecule has 0 atom stereocenters. The molecular weight excluding hydrogens is 508 g/mol. The number of anilines is 1. The van der Waals surface area contributed by atoms with Crippen LogP contribution >= 0.6 is 11.8 Å². The van der Waals surface area contributed by atoms with E-state index in [0.29, 0.717) is 33.2 Å². The molecule has 0 aromatic heterocycles. The second kappa shape index (κ2) is 9.91. The number of sulfone groups is 1. The van der Waals surface area contributed by atoms with E-state index in [-0.39, 0.29) is 15.6 Å². The number of aromatic hydroxyl groups is 1. The number of thioether (sulfide) groups is 1. The van der Waals surface area contributed by atoms with Gasteiger partial charge in [-0.05, 0) is 48.0 Å². The molecule has 1 aliphatic heterocycles. The number of methoxy groups -OCH3 is 2. The Hall–Kier alpha value is -4.03. The van der Waals surface area contributed by atoms with Crippen molar-refractivity contribution in [3.8, 4) is 17.2 Å². The zero-order valence-corrected chi connectivity index (χ0v) is 20.7. The van der Waals surface area contributed by atoms with E-state index in [1.54, 1.807) is 18.2 Å². The van der Waals surface area contributed by atoms with E-state index >= 15 is 0 Å². The zero-order chi connectivity index (χ0) is 26.0. The van der Waals surface area contributed by atoms with Crippen molar-refractivity contribution in [1.82, 2.24) is 0 Å². The van der Waals surface area contributed by atoms with Crippen molar-refractivity contribution in [1.29, 1.82) is 0 Å². The van der Waals surface area contributed by atoms with Crippen molar-refractivity contribution in [3.05, 3.63) is 80.7 Å². The molecule has 0 spiro atoms. The molecule has 4 rings (SSSR count). The van der Waals surface area contributed by atoms with Crippen molar-refractivity contribution in [2.45, 2.75) is 15.5 Å². The topological polar surface area (TPSA) is 145 Å². The molecule has 3 aromatic carbocycles. The number of rotatable bonds is 7. The summed E-state index contributed by atoms with van der Waals surface area (Å²) in [5.74, 6) is -0.542. The molecule has 1 aliphatic rings. The van der Waals surface area contributed by atoms with Crippen molar-refractivity contribution in [2.75, 3.05) is 19.5 Å². The summed E-state index contributed by atoms with van der Waals surface area (Å²) < 4.78 is 37.2. The van der Waals surface area contributed by atoms with Gasteiger partial charge in [0, 0.05) is 11.0 Å². The number of phenolic OH excluding ortho intramolecular Hbond substituents is 1. The number of ether oxygens (including phenoxy) is 2. The van der Waals surface area contributed by atoms with E-state index in [1.165, 1.54) is 50.6 Å². The first kappa shape index (κ1) is 25.1. The number of phenols is 1. The highest BCUT2D eigenvalue weighted by Crippen LogP contribution is 2.41.